The zero-order valence-electron chi connectivity index (χ0n) is 18.4. The quantitative estimate of drug-likeness (QED) is 0.607. The van der Waals surface area contributed by atoms with Crippen LogP contribution in [-0.2, 0) is 20.8 Å². The molecular weight excluding hydrogens is 368 g/mol. The number of nitrogens with zero attached hydrogens (tertiary/aromatic N) is 2. The molecule has 1 fully saturated rings. The summed E-state index contributed by atoms with van der Waals surface area (Å²) in [4.78, 5) is 28.7. The molecule has 2 rings (SSSR count). The second-order valence-corrected chi connectivity index (χ2v) is 8.58. The summed E-state index contributed by atoms with van der Waals surface area (Å²) in [5.74, 6) is -0.214. The van der Waals surface area contributed by atoms with Crippen LogP contribution in [0.15, 0.2) is 30.3 Å². The summed E-state index contributed by atoms with van der Waals surface area (Å²) < 4.78 is 10.6. The normalized spacial score (nSPS) is 15.7. The van der Waals surface area contributed by atoms with Crippen molar-refractivity contribution in [2.75, 3.05) is 26.2 Å². The predicted octanol–water partition coefficient (Wildman–Crippen LogP) is 4.23. The van der Waals surface area contributed by atoms with E-state index in [9.17, 15) is 9.59 Å². The van der Waals surface area contributed by atoms with E-state index in [1.165, 1.54) is 5.56 Å². The monoisotopic (exact) mass is 404 g/mol. The number of carbonyl (C=O) groups is 2. The summed E-state index contributed by atoms with van der Waals surface area (Å²) in [5.41, 5.74) is 0.772. The van der Waals surface area contributed by atoms with Gasteiger partial charge in [-0.05, 0) is 52.5 Å². The molecule has 0 aliphatic carbocycles. The molecule has 0 radical (unpaired) electrons. The van der Waals surface area contributed by atoms with Crippen LogP contribution in [0.4, 0.5) is 4.79 Å². The molecule has 29 heavy (non-hydrogen) atoms. The summed E-state index contributed by atoms with van der Waals surface area (Å²) >= 11 is 0. The Labute approximate surface area is 175 Å². The van der Waals surface area contributed by atoms with E-state index in [4.69, 9.17) is 9.47 Å². The molecule has 0 atom stereocenters. The molecule has 1 aromatic rings. The Morgan fingerprint density at radius 1 is 1.14 bits per heavy atom. The van der Waals surface area contributed by atoms with Crippen molar-refractivity contribution in [1.29, 1.82) is 0 Å². The molecule has 1 aromatic carbocycles. The van der Waals surface area contributed by atoms with Crippen LogP contribution in [0.1, 0.15) is 58.9 Å². The van der Waals surface area contributed by atoms with Gasteiger partial charge in [-0.3, -0.25) is 9.69 Å². The Balaban J connectivity index is 1.91. The van der Waals surface area contributed by atoms with Gasteiger partial charge >= 0.3 is 12.1 Å². The van der Waals surface area contributed by atoms with Crippen LogP contribution in [0.3, 0.4) is 0 Å². The topological polar surface area (TPSA) is 59.1 Å². The number of benzene rings is 1. The van der Waals surface area contributed by atoms with Gasteiger partial charge in [-0.1, -0.05) is 30.3 Å². The zero-order chi connectivity index (χ0) is 21.3. The predicted molar refractivity (Wildman–Crippen MR) is 114 cm³/mol. The van der Waals surface area contributed by atoms with Gasteiger partial charge in [0, 0.05) is 38.6 Å². The van der Waals surface area contributed by atoms with Crippen LogP contribution in [0.25, 0.3) is 0 Å². The van der Waals surface area contributed by atoms with Crippen LogP contribution in [-0.4, -0.2) is 59.7 Å². The maximum absolute atomic E-state index is 12.8. The van der Waals surface area contributed by atoms with Crippen LogP contribution in [0.2, 0.25) is 0 Å². The minimum Gasteiger partial charge on any atom is -0.466 e. The Morgan fingerprint density at radius 3 is 2.38 bits per heavy atom. The fourth-order valence-electron chi connectivity index (χ4n) is 3.60. The molecule has 1 saturated heterocycles. The lowest BCUT2D eigenvalue weighted by molar-refractivity contribution is -0.143. The van der Waals surface area contributed by atoms with Crippen molar-refractivity contribution < 1.29 is 19.1 Å². The molecule has 162 valence electrons. The molecule has 1 amide bonds. The van der Waals surface area contributed by atoms with E-state index in [1.54, 1.807) is 6.92 Å². The van der Waals surface area contributed by atoms with Gasteiger partial charge in [0.25, 0.3) is 0 Å². The van der Waals surface area contributed by atoms with Crippen LogP contribution >= 0.6 is 0 Å². The first-order chi connectivity index (χ1) is 13.8. The molecule has 1 heterocycles. The molecule has 1 aliphatic heterocycles. The largest absolute Gasteiger partial charge is 0.466 e. The van der Waals surface area contributed by atoms with E-state index < -0.39 is 5.60 Å². The molecule has 0 spiro atoms. The van der Waals surface area contributed by atoms with Crippen LogP contribution in [0, 0.1) is 0 Å². The highest BCUT2D eigenvalue weighted by molar-refractivity contribution is 5.70. The number of esters is 1. The third-order valence-electron chi connectivity index (χ3n) is 4.96. The van der Waals surface area contributed by atoms with E-state index in [0.717, 1.165) is 32.5 Å². The van der Waals surface area contributed by atoms with E-state index in [0.29, 0.717) is 26.0 Å². The van der Waals surface area contributed by atoms with Crippen molar-refractivity contribution in [2.45, 2.75) is 71.6 Å². The molecule has 0 unspecified atom stereocenters. The molecule has 1 aliphatic rings. The lowest BCUT2D eigenvalue weighted by Crippen LogP contribution is -2.49. The first-order valence-electron chi connectivity index (χ1n) is 10.7. The van der Waals surface area contributed by atoms with Crippen molar-refractivity contribution >= 4 is 12.1 Å². The highest BCUT2D eigenvalue weighted by atomic mass is 16.6. The van der Waals surface area contributed by atoms with Gasteiger partial charge in [-0.25, -0.2) is 4.79 Å². The summed E-state index contributed by atoms with van der Waals surface area (Å²) in [5, 5.41) is 0. The first-order valence-corrected chi connectivity index (χ1v) is 10.7. The van der Waals surface area contributed by atoms with Gasteiger partial charge in [-0.15, -0.1) is 0 Å². The second kappa shape index (κ2) is 11.2. The van der Waals surface area contributed by atoms with E-state index in [1.807, 2.05) is 31.7 Å². The molecule has 0 bridgehead atoms. The summed E-state index contributed by atoms with van der Waals surface area (Å²) in [6.45, 7) is 11.1. The van der Waals surface area contributed by atoms with Crippen molar-refractivity contribution in [3.05, 3.63) is 35.9 Å². The summed E-state index contributed by atoms with van der Waals surface area (Å²) in [6.07, 6.45) is 2.43. The Kier molecular flexibility index (Phi) is 8.96. The highest BCUT2D eigenvalue weighted by Gasteiger charge is 2.31. The molecular formula is C23H36N2O4. The van der Waals surface area contributed by atoms with Gasteiger partial charge in [0.1, 0.15) is 5.60 Å². The molecule has 0 aromatic heterocycles. The van der Waals surface area contributed by atoms with E-state index >= 15 is 0 Å². The van der Waals surface area contributed by atoms with Crippen molar-refractivity contribution in [3.63, 3.8) is 0 Å². The zero-order valence-corrected chi connectivity index (χ0v) is 18.4. The Bertz CT molecular complexity index is 634. The molecule has 6 nitrogen and oxygen atoms in total. The minimum absolute atomic E-state index is 0.138. The summed E-state index contributed by atoms with van der Waals surface area (Å²) in [7, 11) is 0. The number of ether oxygens (including phenoxy) is 2. The van der Waals surface area contributed by atoms with E-state index in [-0.39, 0.29) is 18.1 Å². The lowest BCUT2D eigenvalue weighted by atomic mass is 10.0. The average molecular weight is 405 g/mol. The number of piperidine rings is 1. The summed E-state index contributed by atoms with van der Waals surface area (Å²) in [6, 6.07) is 10.6. The maximum Gasteiger partial charge on any atom is 0.410 e. The molecule has 0 N–H and O–H groups in total. The van der Waals surface area contributed by atoms with Gasteiger partial charge < -0.3 is 14.4 Å². The van der Waals surface area contributed by atoms with Gasteiger partial charge in [0.15, 0.2) is 0 Å². The second-order valence-electron chi connectivity index (χ2n) is 8.58. The first kappa shape index (κ1) is 23.2. The van der Waals surface area contributed by atoms with Crippen molar-refractivity contribution in [3.8, 4) is 0 Å². The standard InChI is InChI=1S/C23H36N2O4/c1-5-28-21(26)12-9-15-25(22(27)29-23(2,3)4)20-13-16-24(17-14-20)18-19-10-7-6-8-11-19/h6-8,10-11,20H,5,9,12-18H2,1-4H3. The van der Waals surface area contributed by atoms with Crippen LogP contribution in [0.5, 0.6) is 0 Å². The molecule has 0 saturated carbocycles. The maximum atomic E-state index is 12.8. The smallest absolute Gasteiger partial charge is 0.410 e. The third-order valence-corrected chi connectivity index (χ3v) is 4.96. The minimum atomic E-state index is -0.537. The number of amides is 1. The van der Waals surface area contributed by atoms with Gasteiger partial charge in [0.05, 0.1) is 6.61 Å². The number of likely N-dealkylation sites (tertiary alicyclic amines) is 1. The van der Waals surface area contributed by atoms with Crippen molar-refractivity contribution in [1.82, 2.24) is 9.80 Å². The average Bonchev–Trinajstić information content (AvgIpc) is 2.66. The lowest BCUT2D eigenvalue weighted by Gasteiger charge is -2.39. The Hall–Kier alpha value is -2.08. The van der Waals surface area contributed by atoms with Crippen molar-refractivity contribution in [2.24, 2.45) is 0 Å². The van der Waals surface area contributed by atoms with Crippen LogP contribution < -0.4 is 0 Å². The number of rotatable bonds is 8. The fraction of sp³-hybridized carbons (Fsp3) is 0.652. The number of hydrogen-bond donors (Lipinski definition) is 0. The van der Waals surface area contributed by atoms with Gasteiger partial charge in [-0.2, -0.15) is 0 Å². The Morgan fingerprint density at radius 2 is 1.79 bits per heavy atom. The van der Waals surface area contributed by atoms with Gasteiger partial charge in [0.2, 0.25) is 0 Å². The van der Waals surface area contributed by atoms with E-state index in [2.05, 4.69) is 29.2 Å². The SMILES string of the molecule is CCOC(=O)CCCN(C(=O)OC(C)(C)C)C1CCN(Cc2ccccc2)CC1. The number of hydrogen-bond acceptors (Lipinski definition) is 5. The highest BCUT2D eigenvalue weighted by Crippen LogP contribution is 2.21. The third kappa shape index (κ3) is 8.44. The fourth-order valence-corrected chi connectivity index (χ4v) is 3.60. The number of carbonyl (C=O) groups excluding carboxylic acids is 2. The molecule has 6 heteroatoms.